The second-order valence-corrected chi connectivity index (χ2v) is 6.48. The average Bonchev–Trinajstić information content (AvgIpc) is 2.93. The number of nitrogens with zero attached hydrogens (tertiary/aromatic N) is 3. The Labute approximate surface area is 155 Å². The van der Waals surface area contributed by atoms with Crippen molar-refractivity contribution in [2.75, 3.05) is 29.9 Å². The van der Waals surface area contributed by atoms with Gasteiger partial charge in [0, 0.05) is 20.0 Å². The van der Waals surface area contributed by atoms with Gasteiger partial charge in [0.25, 0.3) is 11.8 Å². The molecule has 0 aliphatic carbocycles. The van der Waals surface area contributed by atoms with Crippen molar-refractivity contribution in [1.82, 2.24) is 4.90 Å². The van der Waals surface area contributed by atoms with Gasteiger partial charge in [0.1, 0.15) is 6.54 Å². The molecule has 7 heteroatoms. The van der Waals surface area contributed by atoms with Crippen LogP contribution >= 0.6 is 0 Å². The van der Waals surface area contributed by atoms with E-state index in [1.165, 1.54) is 9.80 Å². The molecule has 2 aromatic rings. The fourth-order valence-electron chi connectivity index (χ4n) is 3.44. The number of hydrogen-bond acceptors (Lipinski definition) is 4. The first kappa shape index (κ1) is 17.0. The Bertz CT molecular complexity index is 950. The van der Waals surface area contributed by atoms with Crippen LogP contribution in [0.15, 0.2) is 48.5 Å². The Morgan fingerprint density at radius 2 is 1.44 bits per heavy atom. The van der Waals surface area contributed by atoms with Gasteiger partial charge in [-0.25, -0.2) is 0 Å². The molecule has 0 spiro atoms. The number of imide groups is 1. The van der Waals surface area contributed by atoms with Gasteiger partial charge in [-0.2, -0.15) is 0 Å². The first-order valence-electron chi connectivity index (χ1n) is 8.60. The lowest BCUT2D eigenvalue weighted by atomic mass is 10.1. The summed E-state index contributed by atoms with van der Waals surface area (Å²) in [5, 5.41) is 0. The smallest absolute Gasteiger partial charge is 0.261 e. The Kier molecular flexibility index (Phi) is 3.99. The lowest BCUT2D eigenvalue weighted by molar-refractivity contribution is -0.122. The van der Waals surface area contributed by atoms with Gasteiger partial charge in [-0.05, 0) is 24.3 Å². The number of rotatable bonds is 3. The van der Waals surface area contributed by atoms with Crippen LogP contribution in [0.25, 0.3) is 0 Å². The third-order valence-electron chi connectivity index (χ3n) is 4.93. The molecular formula is C20H17N3O4. The van der Waals surface area contributed by atoms with Gasteiger partial charge in [-0.15, -0.1) is 0 Å². The monoisotopic (exact) mass is 363 g/mol. The Balaban J connectivity index is 1.51. The molecule has 0 N–H and O–H groups in total. The van der Waals surface area contributed by atoms with E-state index in [1.54, 1.807) is 55.6 Å². The lowest BCUT2D eigenvalue weighted by Crippen LogP contribution is -2.47. The number of para-hydroxylation sites is 2. The molecule has 4 amide bonds. The van der Waals surface area contributed by atoms with Crippen LogP contribution in [0.2, 0.25) is 0 Å². The largest absolute Gasteiger partial charge is 0.312 e. The Hall–Kier alpha value is -3.48. The predicted molar refractivity (Wildman–Crippen MR) is 98.6 cm³/mol. The van der Waals surface area contributed by atoms with Crippen molar-refractivity contribution in [2.24, 2.45) is 0 Å². The maximum Gasteiger partial charge on any atom is 0.261 e. The molecule has 7 nitrogen and oxygen atoms in total. The highest BCUT2D eigenvalue weighted by molar-refractivity contribution is 6.21. The molecule has 0 saturated heterocycles. The van der Waals surface area contributed by atoms with Crippen LogP contribution < -0.4 is 9.80 Å². The van der Waals surface area contributed by atoms with Crippen molar-refractivity contribution >= 4 is 35.0 Å². The van der Waals surface area contributed by atoms with Crippen molar-refractivity contribution in [3.63, 3.8) is 0 Å². The van der Waals surface area contributed by atoms with Crippen molar-refractivity contribution in [3.05, 3.63) is 59.7 Å². The third-order valence-corrected chi connectivity index (χ3v) is 4.93. The molecule has 2 heterocycles. The Morgan fingerprint density at radius 3 is 2.07 bits per heavy atom. The van der Waals surface area contributed by atoms with Crippen molar-refractivity contribution < 1.29 is 19.2 Å². The van der Waals surface area contributed by atoms with E-state index in [-0.39, 0.29) is 31.3 Å². The number of benzene rings is 2. The van der Waals surface area contributed by atoms with E-state index in [1.807, 2.05) is 0 Å². The van der Waals surface area contributed by atoms with Crippen molar-refractivity contribution in [3.8, 4) is 0 Å². The van der Waals surface area contributed by atoms with Gasteiger partial charge < -0.3 is 9.80 Å². The normalized spacial score (nSPS) is 15.9. The third kappa shape index (κ3) is 2.68. The van der Waals surface area contributed by atoms with Crippen LogP contribution in [0.1, 0.15) is 27.1 Å². The lowest BCUT2D eigenvalue weighted by Gasteiger charge is -2.34. The van der Waals surface area contributed by atoms with Gasteiger partial charge >= 0.3 is 0 Å². The molecule has 2 aliphatic rings. The van der Waals surface area contributed by atoms with E-state index in [0.717, 1.165) is 4.90 Å². The zero-order valence-corrected chi connectivity index (χ0v) is 14.7. The van der Waals surface area contributed by atoms with Crippen LogP contribution in [0.3, 0.4) is 0 Å². The quantitative estimate of drug-likeness (QED) is 0.778. The molecule has 0 saturated carbocycles. The van der Waals surface area contributed by atoms with Crippen LogP contribution in [0.5, 0.6) is 0 Å². The second kappa shape index (κ2) is 6.35. The molecule has 0 radical (unpaired) electrons. The van der Waals surface area contributed by atoms with Crippen molar-refractivity contribution in [1.29, 1.82) is 0 Å². The minimum absolute atomic E-state index is 0.0200. The van der Waals surface area contributed by atoms with Crippen LogP contribution in [-0.2, 0) is 9.59 Å². The summed E-state index contributed by atoms with van der Waals surface area (Å²) < 4.78 is 0. The summed E-state index contributed by atoms with van der Waals surface area (Å²) in [6, 6.07) is 13.8. The summed E-state index contributed by atoms with van der Waals surface area (Å²) in [6.45, 7) is -0.0810. The molecule has 0 atom stereocenters. The number of hydrogen-bond donors (Lipinski definition) is 0. The van der Waals surface area contributed by atoms with E-state index in [0.29, 0.717) is 22.5 Å². The molecule has 0 unspecified atom stereocenters. The predicted octanol–water partition coefficient (Wildman–Crippen LogP) is 1.68. The molecule has 0 fully saturated rings. The molecule has 0 aromatic heterocycles. The molecule has 27 heavy (non-hydrogen) atoms. The highest BCUT2D eigenvalue weighted by Crippen LogP contribution is 2.32. The molecule has 136 valence electrons. The van der Waals surface area contributed by atoms with E-state index < -0.39 is 11.8 Å². The van der Waals surface area contributed by atoms with Crippen LogP contribution in [0.4, 0.5) is 11.4 Å². The average molecular weight is 363 g/mol. The minimum atomic E-state index is -0.391. The van der Waals surface area contributed by atoms with Crippen LogP contribution in [-0.4, -0.2) is 48.7 Å². The van der Waals surface area contributed by atoms with Crippen LogP contribution in [0, 0.1) is 0 Å². The minimum Gasteiger partial charge on any atom is -0.312 e. The van der Waals surface area contributed by atoms with Crippen molar-refractivity contribution in [2.45, 2.75) is 6.42 Å². The SMILES string of the molecule is CN1C(=O)CN(C(=O)CCN2C(=O)c3ccccc3C2=O)c2ccccc21. The number of likely N-dealkylation sites (N-methyl/N-ethyl adjacent to an activating group) is 1. The fourth-order valence-corrected chi connectivity index (χ4v) is 3.44. The molecule has 2 aliphatic heterocycles. The molecular weight excluding hydrogens is 346 g/mol. The van der Waals surface area contributed by atoms with E-state index in [9.17, 15) is 19.2 Å². The zero-order chi connectivity index (χ0) is 19.1. The number of fused-ring (bicyclic) bond motifs is 2. The highest BCUT2D eigenvalue weighted by atomic mass is 16.2. The first-order chi connectivity index (χ1) is 13.0. The van der Waals surface area contributed by atoms with E-state index >= 15 is 0 Å². The van der Waals surface area contributed by atoms with Gasteiger partial charge in [-0.1, -0.05) is 24.3 Å². The zero-order valence-electron chi connectivity index (χ0n) is 14.7. The van der Waals surface area contributed by atoms with Gasteiger partial charge in [0.05, 0.1) is 22.5 Å². The topological polar surface area (TPSA) is 78.0 Å². The maximum atomic E-state index is 12.8. The number of carbonyl (C=O) groups excluding carboxylic acids is 4. The molecule has 4 rings (SSSR count). The summed E-state index contributed by atoms with van der Waals surface area (Å²) in [4.78, 5) is 53.8. The van der Waals surface area contributed by atoms with E-state index in [2.05, 4.69) is 0 Å². The maximum absolute atomic E-state index is 12.8. The fraction of sp³-hybridized carbons (Fsp3) is 0.200. The highest BCUT2D eigenvalue weighted by Gasteiger charge is 2.36. The summed E-state index contributed by atoms with van der Waals surface area (Å²) in [7, 11) is 1.67. The molecule has 2 aromatic carbocycles. The Morgan fingerprint density at radius 1 is 0.889 bits per heavy atom. The van der Waals surface area contributed by atoms with Gasteiger partial charge in [0.2, 0.25) is 11.8 Å². The standard InChI is InChI=1S/C20H17N3O4/c1-21-15-8-4-5-9-16(15)23(12-18(21)25)17(24)10-11-22-19(26)13-6-2-3-7-14(13)20(22)27/h2-9H,10-12H2,1H3. The summed E-state index contributed by atoms with van der Waals surface area (Å²) in [5.41, 5.74) is 2.01. The molecule has 0 bridgehead atoms. The number of anilines is 2. The number of carbonyl (C=O) groups is 4. The van der Waals surface area contributed by atoms with E-state index in [4.69, 9.17) is 0 Å². The summed E-state index contributed by atoms with van der Waals surface area (Å²) in [6.07, 6.45) is -0.0448. The summed E-state index contributed by atoms with van der Waals surface area (Å²) in [5.74, 6) is -1.28. The number of amides is 4. The summed E-state index contributed by atoms with van der Waals surface area (Å²) >= 11 is 0. The first-order valence-corrected chi connectivity index (χ1v) is 8.60. The second-order valence-electron chi connectivity index (χ2n) is 6.48. The van der Waals surface area contributed by atoms with Gasteiger partial charge in [-0.3, -0.25) is 24.1 Å². The van der Waals surface area contributed by atoms with Gasteiger partial charge in [0.15, 0.2) is 0 Å².